The molecular formula is C31H39Cl2F2N7O4. The average Bonchev–Trinajstić information content (AvgIpc) is 3.02. The summed E-state index contributed by atoms with van der Waals surface area (Å²) >= 11 is 5.74. The molecule has 0 unspecified atom stereocenters. The van der Waals surface area contributed by atoms with E-state index in [2.05, 4.69) is 31.2 Å². The smallest absolute Gasteiger partial charge is 0.245 e. The molecule has 3 atom stereocenters. The fourth-order valence-corrected chi connectivity index (χ4v) is 5.22. The summed E-state index contributed by atoms with van der Waals surface area (Å²) in [5.74, 6) is -2.75. The van der Waals surface area contributed by atoms with Crippen molar-refractivity contribution < 1.29 is 27.9 Å². The van der Waals surface area contributed by atoms with Gasteiger partial charge in [-0.1, -0.05) is 32.4 Å². The summed E-state index contributed by atoms with van der Waals surface area (Å²) in [4.78, 5) is 50.0. The number of nitrogens with one attached hydrogen (secondary N) is 4. The van der Waals surface area contributed by atoms with Gasteiger partial charge in [-0.25, -0.2) is 18.7 Å². The van der Waals surface area contributed by atoms with E-state index in [1.165, 1.54) is 19.5 Å². The second-order valence-electron chi connectivity index (χ2n) is 12.1. The molecule has 1 aliphatic rings. The van der Waals surface area contributed by atoms with Gasteiger partial charge in [0, 0.05) is 24.5 Å². The summed E-state index contributed by atoms with van der Waals surface area (Å²) in [5, 5.41) is 11.3. The van der Waals surface area contributed by atoms with E-state index in [0.717, 1.165) is 6.07 Å². The topological polar surface area (TPSA) is 138 Å². The zero-order valence-electron chi connectivity index (χ0n) is 26.5. The fourth-order valence-electron chi connectivity index (χ4n) is 5.06. The first kappa shape index (κ1) is 36.7. The van der Waals surface area contributed by atoms with Gasteiger partial charge in [0.05, 0.1) is 36.0 Å². The van der Waals surface area contributed by atoms with Crippen molar-refractivity contribution in [3.8, 4) is 5.75 Å². The standard InChI is InChI=1S/C31H38ClF2N7O4.ClH/c1-16(35-5)28(42)40-26(31(2,3)4)30(44)41-11-7-8-17(14-41)29(43)39-22-12-18-21(13-23(22)45-6)36-15-37-27(18)38-20-10-9-19(33)24(32)25(20)34;/h9-10,12-13,15-17,26,35H,7-8,11,14H2,1-6H3,(H,39,43)(H,40,42)(H,36,37,38);1H/t16-,17-,26+;/m0./s1. The number of methoxy groups -OCH3 is 1. The second-order valence-corrected chi connectivity index (χ2v) is 12.4. The third-order valence-electron chi connectivity index (χ3n) is 7.83. The molecule has 4 rings (SSSR count). The Hall–Kier alpha value is -3.81. The number of anilines is 3. The molecule has 11 nitrogen and oxygen atoms in total. The Balaban J connectivity index is 0.00000576. The third kappa shape index (κ3) is 8.12. The lowest BCUT2D eigenvalue weighted by molar-refractivity contribution is -0.142. The van der Waals surface area contributed by atoms with Crippen LogP contribution in [0.25, 0.3) is 10.9 Å². The highest BCUT2D eigenvalue weighted by molar-refractivity contribution is 6.31. The van der Waals surface area contributed by atoms with Gasteiger partial charge in [-0.2, -0.15) is 0 Å². The lowest BCUT2D eigenvalue weighted by atomic mass is 9.84. The maximum absolute atomic E-state index is 14.6. The minimum Gasteiger partial charge on any atom is -0.494 e. The van der Waals surface area contributed by atoms with E-state index >= 15 is 0 Å². The first-order valence-corrected chi connectivity index (χ1v) is 14.9. The maximum atomic E-state index is 14.6. The molecule has 0 aliphatic carbocycles. The highest BCUT2D eigenvalue weighted by Crippen LogP contribution is 2.35. The van der Waals surface area contributed by atoms with Crippen LogP contribution in [-0.2, 0) is 14.4 Å². The van der Waals surface area contributed by atoms with Gasteiger partial charge in [0.1, 0.15) is 34.8 Å². The highest BCUT2D eigenvalue weighted by Gasteiger charge is 2.39. The van der Waals surface area contributed by atoms with Crippen LogP contribution in [0.4, 0.5) is 26.0 Å². The number of halogens is 4. The molecule has 0 saturated carbocycles. The van der Waals surface area contributed by atoms with Crippen molar-refractivity contribution in [2.45, 2.75) is 52.6 Å². The van der Waals surface area contributed by atoms with Crippen LogP contribution in [0, 0.1) is 23.0 Å². The monoisotopic (exact) mass is 681 g/mol. The fraction of sp³-hybridized carbons (Fsp3) is 0.452. The van der Waals surface area contributed by atoms with Crippen molar-refractivity contribution in [3.05, 3.63) is 47.2 Å². The van der Waals surface area contributed by atoms with Gasteiger partial charge in [-0.15, -0.1) is 12.4 Å². The number of piperidine rings is 1. The quantitative estimate of drug-likeness (QED) is 0.230. The third-order valence-corrected chi connectivity index (χ3v) is 8.18. The number of amides is 3. The van der Waals surface area contributed by atoms with E-state index in [1.54, 1.807) is 31.0 Å². The van der Waals surface area contributed by atoms with Gasteiger partial charge in [-0.05, 0) is 50.4 Å². The molecule has 1 saturated heterocycles. The minimum atomic E-state index is -0.980. The summed E-state index contributed by atoms with van der Waals surface area (Å²) in [6, 6.07) is 4.17. The molecule has 0 bridgehead atoms. The number of hydrogen-bond acceptors (Lipinski definition) is 8. The van der Waals surface area contributed by atoms with E-state index in [-0.39, 0.29) is 48.2 Å². The number of ether oxygens (including phenoxy) is 1. The molecule has 46 heavy (non-hydrogen) atoms. The van der Waals surface area contributed by atoms with Crippen molar-refractivity contribution in [1.29, 1.82) is 0 Å². The molecule has 250 valence electrons. The second kappa shape index (κ2) is 15.2. The molecule has 1 aromatic heterocycles. The number of carbonyl (C=O) groups is 3. The highest BCUT2D eigenvalue weighted by atomic mass is 35.5. The van der Waals surface area contributed by atoms with Gasteiger partial charge >= 0.3 is 0 Å². The Bertz CT molecular complexity index is 1610. The van der Waals surface area contributed by atoms with Crippen molar-refractivity contribution in [1.82, 2.24) is 25.5 Å². The lowest BCUT2D eigenvalue weighted by Crippen LogP contribution is -2.59. The predicted molar refractivity (Wildman–Crippen MR) is 176 cm³/mol. The van der Waals surface area contributed by atoms with E-state index in [9.17, 15) is 23.2 Å². The summed E-state index contributed by atoms with van der Waals surface area (Å²) in [7, 11) is 3.12. The molecule has 2 aromatic carbocycles. The van der Waals surface area contributed by atoms with Gasteiger partial charge < -0.3 is 30.9 Å². The van der Waals surface area contributed by atoms with Crippen molar-refractivity contribution in [2.24, 2.45) is 11.3 Å². The Labute approximate surface area is 277 Å². The molecule has 2 heterocycles. The van der Waals surface area contributed by atoms with Crippen LogP contribution in [0.3, 0.4) is 0 Å². The number of nitrogens with zero attached hydrogens (tertiary/aromatic N) is 3. The Kier molecular flexibility index (Phi) is 12.1. The summed E-state index contributed by atoms with van der Waals surface area (Å²) in [5.41, 5.74) is 0.0899. The number of hydrogen-bond donors (Lipinski definition) is 4. The predicted octanol–water partition coefficient (Wildman–Crippen LogP) is 5.05. The zero-order chi connectivity index (χ0) is 33.1. The Morgan fingerprint density at radius 1 is 1.13 bits per heavy atom. The lowest BCUT2D eigenvalue weighted by Gasteiger charge is -2.38. The van der Waals surface area contributed by atoms with Crippen molar-refractivity contribution in [3.63, 3.8) is 0 Å². The van der Waals surface area contributed by atoms with Crippen LogP contribution in [0.15, 0.2) is 30.6 Å². The number of likely N-dealkylation sites (tertiary alicyclic amines) is 1. The molecule has 1 fully saturated rings. The van der Waals surface area contributed by atoms with Gasteiger partial charge in [0.15, 0.2) is 5.82 Å². The molecule has 1 aliphatic heterocycles. The van der Waals surface area contributed by atoms with Crippen LogP contribution < -0.4 is 26.0 Å². The SMILES string of the molecule is CN[C@@H](C)C(=O)N[C@H](C(=O)N1CCC[C@H](C(=O)Nc2cc3c(Nc4ccc(F)c(Cl)c4F)ncnc3cc2OC)C1)C(C)(C)C.Cl. The molecule has 3 amide bonds. The molecule has 0 radical (unpaired) electrons. The summed E-state index contributed by atoms with van der Waals surface area (Å²) in [6.07, 6.45) is 2.42. The van der Waals surface area contributed by atoms with Crippen LogP contribution in [0.1, 0.15) is 40.5 Å². The summed E-state index contributed by atoms with van der Waals surface area (Å²) < 4.78 is 33.8. The van der Waals surface area contributed by atoms with E-state index in [1.807, 2.05) is 20.8 Å². The normalized spacial score (nSPS) is 16.2. The number of likely N-dealkylation sites (N-methyl/N-ethyl adjacent to an activating group) is 1. The molecular weight excluding hydrogens is 643 g/mol. The number of benzene rings is 2. The molecule has 15 heteroatoms. The van der Waals surface area contributed by atoms with Gasteiger partial charge in [0.25, 0.3) is 0 Å². The zero-order valence-corrected chi connectivity index (χ0v) is 28.0. The van der Waals surface area contributed by atoms with Crippen LogP contribution in [0.5, 0.6) is 5.75 Å². The van der Waals surface area contributed by atoms with E-state index < -0.39 is 40.1 Å². The number of fused-ring (bicyclic) bond motifs is 1. The number of rotatable bonds is 9. The first-order valence-electron chi connectivity index (χ1n) is 14.6. The Morgan fingerprint density at radius 2 is 1.85 bits per heavy atom. The van der Waals surface area contributed by atoms with Crippen molar-refractivity contribution >= 4 is 69.8 Å². The van der Waals surface area contributed by atoms with Crippen LogP contribution >= 0.6 is 24.0 Å². The number of aromatic nitrogens is 2. The summed E-state index contributed by atoms with van der Waals surface area (Å²) in [6.45, 7) is 7.99. The minimum absolute atomic E-state index is 0. The average molecular weight is 683 g/mol. The molecule has 3 aromatic rings. The maximum Gasteiger partial charge on any atom is 0.245 e. The number of carbonyl (C=O) groups excluding carboxylic acids is 3. The molecule has 4 N–H and O–H groups in total. The van der Waals surface area contributed by atoms with E-state index in [4.69, 9.17) is 16.3 Å². The van der Waals surface area contributed by atoms with Crippen LogP contribution in [0.2, 0.25) is 5.02 Å². The first-order chi connectivity index (χ1) is 21.2. The Morgan fingerprint density at radius 3 is 2.50 bits per heavy atom. The van der Waals surface area contributed by atoms with Gasteiger partial charge in [-0.3, -0.25) is 14.4 Å². The van der Waals surface area contributed by atoms with Gasteiger partial charge in [0.2, 0.25) is 17.7 Å². The van der Waals surface area contributed by atoms with Crippen molar-refractivity contribution in [2.75, 3.05) is 37.9 Å². The molecule has 0 spiro atoms. The largest absolute Gasteiger partial charge is 0.494 e. The van der Waals surface area contributed by atoms with Crippen LogP contribution in [-0.4, -0.2) is 71.9 Å². The van der Waals surface area contributed by atoms with E-state index in [0.29, 0.717) is 41.7 Å².